The molecule has 0 spiro atoms. The van der Waals surface area contributed by atoms with Gasteiger partial charge in [-0.25, -0.2) is 9.86 Å². The summed E-state index contributed by atoms with van der Waals surface area (Å²) in [7, 11) is 2.93. The first-order valence-electron chi connectivity index (χ1n) is 4.77. The van der Waals surface area contributed by atoms with Crippen LogP contribution in [-0.4, -0.2) is 35.4 Å². The molecular weight excluding hydrogens is 228 g/mol. The molecule has 2 amide bonds. The Labute approximate surface area is 98.6 Å². The zero-order chi connectivity index (χ0) is 12.3. The Morgan fingerprint density at radius 2 is 2.06 bits per heavy atom. The van der Waals surface area contributed by atoms with E-state index in [1.165, 1.54) is 25.5 Å². The molecule has 0 aliphatic heterocycles. The van der Waals surface area contributed by atoms with Gasteiger partial charge < -0.3 is 0 Å². The van der Waals surface area contributed by atoms with Gasteiger partial charge in [-0.15, -0.1) is 10.2 Å². The van der Waals surface area contributed by atoms with E-state index in [2.05, 4.69) is 15.5 Å². The van der Waals surface area contributed by atoms with E-state index in [0.29, 0.717) is 5.13 Å². The maximum atomic E-state index is 11.4. The summed E-state index contributed by atoms with van der Waals surface area (Å²) in [5.41, 5.74) is -0.0617. The maximum Gasteiger partial charge on any atom is 0.347 e. The molecule has 16 heavy (non-hydrogen) atoms. The van der Waals surface area contributed by atoms with Crippen molar-refractivity contribution in [2.75, 3.05) is 19.5 Å². The molecule has 7 heteroatoms. The van der Waals surface area contributed by atoms with E-state index in [0.717, 1.165) is 10.1 Å². The highest BCUT2D eigenvalue weighted by molar-refractivity contribution is 7.15. The number of hydrogen-bond donors (Lipinski definition) is 1. The molecule has 0 atom stereocenters. The van der Waals surface area contributed by atoms with Crippen LogP contribution in [0, 0.1) is 0 Å². The fourth-order valence-electron chi connectivity index (χ4n) is 0.830. The Morgan fingerprint density at radius 1 is 1.44 bits per heavy atom. The highest BCUT2D eigenvalue weighted by Gasteiger charge is 2.20. The number of aromatic nitrogens is 2. The third-order valence-corrected chi connectivity index (χ3v) is 3.10. The quantitative estimate of drug-likeness (QED) is 0.806. The predicted octanol–water partition coefficient (Wildman–Crippen LogP) is 1.86. The maximum absolute atomic E-state index is 11.4. The largest absolute Gasteiger partial charge is 0.347 e. The topological polar surface area (TPSA) is 67.3 Å². The fraction of sp³-hybridized carbons (Fsp3) is 0.667. The van der Waals surface area contributed by atoms with Gasteiger partial charge in [0.15, 0.2) is 0 Å². The van der Waals surface area contributed by atoms with E-state index in [-0.39, 0.29) is 11.4 Å². The molecule has 0 aliphatic carbocycles. The zero-order valence-electron chi connectivity index (χ0n) is 10.1. The standard InChI is InChI=1S/C9H16N4O2S/c1-9(2,3)6-11-12-7(16-6)10-8(14)13(4)15-5/h1-5H3,(H,10,12,14). The minimum Gasteiger partial charge on any atom is -0.280 e. The summed E-state index contributed by atoms with van der Waals surface area (Å²) in [4.78, 5) is 16.2. The van der Waals surface area contributed by atoms with Crippen molar-refractivity contribution in [1.29, 1.82) is 0 Å². The van der Waals surface area contributed by atoms with Gasteiger partial charge in [-0.3, -0.25) is 10.2 Å². The molecular formula is C9H16N4O2S. The summed E-state index contributed by atoms with van der Waals surface area (Å²) in [6.07, 6.45) is 0. The molecule has 0 saturated heterocycles. The Balaban J connectivity index is 2.70. The molecule has 90 valence electrons. The van der Waals surface area contributed by atoms with Crippen molar-refractivity contribution in [2.45, 2.75) is 26.2 Å². The first kappa shape index (κ1) is 12.9. The lowest BCUT2D eigenvalue weighted by Gasteiger charge is -2.13. The number of amides is 2. The number of nitrogens with zero attached hydrogens (tertiary/aromatic N) is 3. The number of hydroxylamine groups is 2. The smallest absolute Gasteiger partial charge is 0.280 e. The van der Waals surface area contributed by atoms with E-state index >= 15 is 0 Å². The number of hydrogen-bond acceptors (Lipinski definition) is 5. The average Bonchev–Trinajstić information content (AvgIpc) is 2.64. The Kier molecular flexibility index (Phi) is 3.82. The van der Waals surface area contributed by atoms with Crippen LogP contribution in [0.5, 0.6) is 0 Å². The molecule has 0 radical (unpaired) electrons. The normalized spacial score (nSPS) is 11.3. The van der Waals surface area contributed by atoms with Crippen LogP contribution in [0.3, 0.4) is 0 Å². The van der Waals surface area contributed by atoms with Gasteiger partial charge in [0.25, 0.3) is 0 Å². The molecule has 1 aromatic rings. The SMILES string of the molecule is CON(C)C(=O)Nc1nnc(C(C)(C)C)s1. The summed E-state index contributed by atoms with van der Waals surface area (Å²) in [5.74, 6) is 0. The van der Waals surface area contributed by atoms with Gasteiger partial charge in [-0.2, -0.15) is 0 Å². The van der Waals surface area contributed by atoms with Crippen molar-refractivity contribution in [3.63, 3.8) is 0 Å². The number of nitrogens with one attached hydrogen (secondary N) is 1. The van der Waals surface area contributed by atoms with E-state index in [1.54, 1.807) is 0 Å². The molecule has 0 bridgehead atoms. The molecule has 0 aliphatic rings. The minimum absolute atomic E-state index is 0.0617. The first-order valence-corrected chi connectivity index (χ1v) is 5.59. The summed E-state index contributed by atoms with van der Waals surface area (Å²) in [6.45, 7) is 6.13. The number of anilines is 1. The fourth-order valence-corrected chi connectivity index (χ4v) is 1.62. The number of rotatable bonds is 2. The summed E-state index contributed by atoms with van der Waals surface area (Å²) in [6, 6.07) is -0.376. The highest BCUT2D eigenvalue weighted by Crippen LogP contribution is 2.27. The van der Waals surface area contributed by atoms with E-state index in [4.69, 9.17) is 4.84 Å². The van der Waals surface area contributed by atoms with Crippen molar-refractivity contribution in [3.8, 4) is 0 Å². The van der Waals surface area contributed by atoms with Crippen LogP contribution in [0.15, 0.2) is 0 Å². The monoisotopic (exact) mass is 244 g/mol. The predicted molar refractivity (Wildman–Crippen MR) is 62.4 cm³/mol. The summed E-state index contributed by atoms with van der Waals surface area (Å²) >= 11 is 1.36. The number of carbonyl (C=O) groups is 1. The molecule has 1 heterocycles. The van der Waals surface area contributed by atoms with Gasteiger partial charge in [0.05, 0.1) is 7.11 Å². The van der Waals surface area contributed by atoms with Crippen LogP contribution in [0.4, 0.5) is 9.93 Å². The van der Waals surface area contributed by atoms with Crippen LogP contribution < -0.4 is 5.32 Å². The van der Waals surface area contributed by atoms with Crippen LogP contribution in [0.1, 0.15) is 25.8 Å². The third-order valence-electron chi connectivity index (χ3n) is 1.84. The van der Waals surface area contributed by atoms with Crippen molar-refractivity contribution in [2.24, 2.45) is 0 Å². The molecule has 0 fully saturated rings. The van der Waals surface area contributed by atoms with Gasteiger partial charge in [-0.1, -0.05) is 32.1 Å². The molecule has 0 aromatic carbocycles. The van der Waals surface area contributed by atoms with Gasteiger partial charge in [0, 0.05) is 12.5 Å². The Hall–Kier alpha value is -1.21. The van der Waals surface area contributed by atoms with Crippen molar-refractivity contribution >= 4 is 22.5 Å². The van der Waals surface area contributed by atoms with Gasteiger partial charge in [0.2, 0.25) is 5.13 Å². The van der Waals surface area contributed by atoms with Crippen molar-refractivity contribution in [1.82, 2.24) is 15.3 Å². The first-order chi connectivity index (χ1) is 7.34. The van der Waals surface area contributed by atoms with Crippen molar-refractivity contribution in [3.05, 3.63) is 5.01 Å². The summed E-state index contributed by atoms with van der Waals surface area (Å²) in [5, 5.41) is 12.9. The van der Waals surface area contributed by atoms with Crippen LogP contribution >= 0.6 is 11.3 Å². The lowest BCUT2D eigenvalue weighted by atomic mass is 9.98. The highest BCUT2D eigenvalue weighted by atomic mass is 32.1. The second-order valence-electron chi connectivity index (χ2n) is 4.27. The van der Waals surface area contributed by atoms with Crippen LogP contribution in [0.2, 0.25) is 0 Å². The summed E-state index contributed by atoms with van der Waals surface area (Å²) < 4.78 is 0. The second kappa shape index (κ2) is 4.75. The van der Waals surface area contributed by atoms with Gasteiger partial charge in [0.1, 0.15) is 5.01 Å². The van der Waals surface area contributed by atoms with Gasteiger partial charge in [-0.05, 0) is 0 Å². The molecule has 0 unspecified atom stereocenters. The number of carbonyl (C=O) groups excluding carboxylic acids is 1. The molecule has 1 aromatic heterocycles. The molecule has 1 rings (SSSR count). The zero-order valence-corrected chi connectivity index (χ0v) is 10.9. The molecule has 1 N–H and O–H groups in total. The van der Waals surface area contributed by atoms with E-state index in [9.17, 15) is 4.79 Å². The average molecular weight is 244 g/mol. The molecule has 0 saturated carbocycles. The van der Waals surface area contributed by atoms with E-state index in [1.807, 2.05) is 20.8 Å². The third kappa shape index (κ3) is 3.14. The van der Waals surface area contributed by atoms with Crippen molar-refractivity contribution < 1.29 is 9.63 Å². The lowest BCUT2D eigenvalue weighted by molar-refractivity contribution is -0.0598. The second-order valence-corrected chi connectivity index (χ2v) is 5.25. The Morgan fingerprint density at radius 3 is 2.50 bits per heavy atom. The van der Waals surface area contributed by atoms with Gasteiger partial charge >= 0.3 is 6.03 Å². The minimum atomic E-state index is -0.376. The molecule has 6 nitrogen and oxygen atoms in total. The Bertz CT molecular complexity index is 372. The van der Waals surface area contributed by atoms with E-state index < -0.39 is 0 Å². The lowest BCUT2D eigenvalue weighted by Crippen LogP contribution is -2.30. The number of urea groups is 1. The van der Waals surface area contributed by atoms with Crippen LogP contribution in [-0.2, 0) is 10.3 Å². The van der Waals surface area contributed by atoms with Crippen LogP contribution in [0.25, 0.3) is 0 Å².